The molecule has 5 atom stereocenters. The van der Waals surface area contributed by atoms with E-state index >= 15 is 0 Å². The third-order valence-electron chi connectivity index (χ3n) is 7.22. The number of hydrogen-bond acceptors (Lipinski definition) is 8. The Morgan fingerprint density at radius 2 is 1.18 bits per heavy atom. The first-order chi connectivity index (χ1) is 21.7. The van der Waals surface area contributed by atoms with E-state index in [9.17, 15) is 8.42 Å². The summed E-state index contributed by atoms with van der Waals surface area (Å²) >= 11 is 0. The van der Waals surface area contributed by atoms with E-state index in [0.29, 0.717) is 26.4 Å². The predicted octanol–water partition coefficient (Wildman–Crippen LogP) is 5.31. The van der Waals surface area contributed by atoms with Crippen LogP contribution in [0.2, 0.25) is 0 Å². The van der Waals surface area contributed by atoms with Gasteiger partial charge < -0.3 is 29.4 Å². The van der Waals surface area contributed by atoms with Crippen LogP contribution in [0.5, 0.6) is 0 Å². The van der Waals surface area contributed by atoms with Crippen molar-refractivity contribution in [3.05, 3.63) is 138 Å². The van der Waals surface area contributed by atoms with Crippen molar-refractivity contribution in [2.75, 3.05) is 13.7 Å². The van der Waals surface area contributed by atoms with Gasteiger partial charge in [-0.2, -0.15) is 8.42 Å². The van der Waals surface area contributed by atoms with E-state index in [1.807, 2.05) is 97.9 Å². The fourth-order valence-corrected chi connectivity index (χ4v) is 5.24. The topological polar surface area (TPSA) is 127 Å². The summed E-state index contributed by atoms with van der Waals surface area (Å²) in [5.41, 5.74) is 10.8. The first-order valence-corrected chi connectivity index (χ1v) is 16.1. The molecule has 1 fully saturated rings. The number of benzene rings is 4. The van der Waals surface area contributed by atoms with Crippen LogP contribution in [0.1, 0.15) is 22.3 Å². The molecule has 4 aromatic carbocycles. The second-order valence-corrected chi connectivity index (χ2v) is 12.1. The molecular weight excluding hydrogens is 594 g/mol. The molecule has 0 aliphatic carbocycles. The van der Waals surface area contributed by atoms with Crippen LogP contribution in [0, 0.1) is 6.92 Å². The fourth-order valence-electron chi connectivity index (χ4n) is 4.76. The zero-order valence-electron chi connectivity index (χ0n) is 25.5. The number of ether oxygens (including phenoxy) is 5. The highest BCUT2D eigenvalue weighted by atomic mass is 32.2. The van der Waals surface area contributed by atoms with E-state index in [1.54, 1.807) is 19.2 Å². The van der Waals surface area contributed by atoms with Crippen molar-refractivity contribution in [2.45, 2.75) is 62.3 Å². The Bertz CT molecular complexity index is 1510. The highest BCUT2D eigenvalue weighted by molar-refractivity contribution is 7.85. The second kappa shape index (κ2) is 17.3. The van der Waals surface area contributed by atoms with Crippen LogP contribution < -0.4 is 5.73 Å². The van der Waals surface area contributed by atoms with Gasteiger partial charge in [-0.05, 0) is 35.7 Å². The Morgan fingerprint density at radius 1 is 0.711 bits per heavy atom. The molecule has 0 saturated carbocycles. The van der Waals surface area contributed by atoms with Gasteiger partial charge in [-0.3, -0.25) is 4.55 Å². The zero-order valence-corrected chi connectivity index (χ0v) is 26.3. The van der Waals surface area contributed by atoms with Gasteiger partial charge in [0.15, 0.2) is 6.29 Å². The van der Waals surface area contributed by atoms with Gasteiger partial charge in [-0.25, -0.2) is 0 Å². The monoisotopic (exact) mass is 635 g/mol. The molecular formula is C35H41NO8S. The van der Waals surface area contributed by atoms with Gasteiger partial charge in [-0.1, -0.05) is 109 Å². The van der Waals surface area contributed by atoms with Gasteiger partial charge in [0.2, 0.25) is 0 Å². The van der Waals surface area contributed by atoms with Crippen molar-refractivity contribution in [1.29, 1.82) is 0 Å². The minimum absolute atomic E-state index is 0.0666. The summed E-state index contributed by atoms with van der Waals surface area (Å²) in [5, 5.41) is 0. The summed E-state index contributed by atoms with van der Waals surface area (Å²) in [6.07, 6.45) is -1.96. The van der Waals surface area contributed by atoms with Crippen molar-refractivity contribution < 1.29 is 36.7 Å². The van der Waals surface area contributed by atoms with Gasteiger partial charge in [0.25, 0.3) is 10.1 Å². The minimum Gasteiger partial charge on any atom is -0.374 e. The molecule has 3 N–H and O–H groups in total. The molecule has 5 rings (SSSR count). The van der Waals surface area contributed by atoms with Crippen LogP contribution in [0.25, 0.3) is 0 Å². The van der Waals surface area contributed by atoms with Gasteiger partial charge in [0.05, 0.1) is 37.4 Å². The number of hydrogen-bond donors (Lipinski definition) is 2. The zero-order chi connectivity index (χ0) is 32.1. The average molecular weight is 636 g/mol. The molecule has 10 heteroatoms. The van der Waals surface area contributed by atoms with Gasteiger partial charge in [0, 0.05) is 7.11 Å². The highest BCUT2D eigenvalue weighted by Crippen LogP contribution is 2.27. The molecule has 0 bridgehead atoms. The third kappa shape index (κ3) is 10.8. The van der Waals surface area contributed by atoms with Gasteiger partial charge in [-0.15, -0.1) is 0 Å². The Balaban J connectivity index is 0.000000354. The Labute approximate surface area is 265 Å². The van der Waals surface area contributed by atoms with Crippen molar-refractivity contribution >= 4 is 10.1 Å². The third-order valence-corrected chi connectivity index (χ3v) is 8.09. The number of aryl methyl sites for hydroxylation is 1. The van der Waals surface area contributed by atoms with E-state index in [1.165, 1.54) is 12.1 Å². The first kappa shape index (κ1) is 34.4. The summed E-state index contributed by atoms with van der Waals surface area (Å²) in [5.74, 6) is 0. The van der Waals surface area contributed by atoms with Gasteiger partial charge in [0.1, 0.15) is 18.3 Å². The Hall–Kier alpha value is -3.45. The van der Waals surface area contributed by atoms with Crippen LogP contribution in [0.4, 0.5) is 0 Å². The lowest BCUT2D eigenvalue weighted by Crippen LogP contribution is -2.64. The van der Waals surface area contributed by atoms with Crippen molar-refractivity contribution in [3.8, 4) is 0 Å². The molecule has 240 valence electrons. The summed E-state index contributed by atoms with van der Waals surface area (Å²) in [4.78, 5) is -0.0666. The molecule has 1 aliphatic heterocycles. The molecule has 45 heavy (non-hydrogen) atoms. The normalized spacial score (nSPS) is 21.5. The van der Waals surface area contributed by atoms with E-state index in [-0.39, 0.29) is 4.90 Å². The standard InChI is InChI=1S/C28H33NO5.C7H8O3S/c1-30-28-27(33-19-23-15-9-4-10-16-23)26(32-18-22-13-7-3-8-14-22)25(29)24(34-28)20-31-17-21-11-5-2-6-12-21;1-6-2-4-7(5-3-6)11(8,9)10/h2-16,24-28H,17-20,29H2,1H3;2-5H,1H3,(H,8,9,10). The quantitative estimate of drug-likeness (QED) is 0.199. The fraction of sp³-hybridized carbons (Fsp3) is 0.314. The van der Waals surface area contributed by atoms with E-state index in [2.05, 4.69) is 0 Å². The lowest BCUT2D eigenvalue weighted by atomic mass is 9.96. The molecule has 1 heterocycles. The van der Waals surface area contributed by atoms with Crippen LogP contribution in [0.15, 0.2) is 120 Å². The molecule has 1 aliphatic rings. The number of methoxy groups -OCH3 is 1. The van der Waals surface area contributed by atoms with Crippen LogP contribution >= 0.6 is 0 Å². The van der Waals surface area contributed by atoms with Crippen LogP contribution in [-0.4, -0.2) is 57.3 Å². The van der Waals surface area contributed by atoms with E-state index < -0.39 is 40.8 Å². The highest BCUT2D eigenvalue weighted by Gasteiger charge is 2.46. The van der Waals surface area contributed by atoms with Crippen molar-refractivity contribution in [1.82, 2.24) is 0 Å². The summed E-state index contributed by atoms with van der Waals surface area (Å²) in [6, 6.07) is 35.6. The van der Waals surface area contributed by atoms with E-state index in [4.69, 9.17) is 34.0 Å². The maximum absolute atomic E-state index is 10.5. The van der Waals surface area contributed by atoms with Gasteiger partial charge >= 0.3 is 0 Å². The van der Waals surface area contributed by atoms with E-state index in [0.717, 1.165) is 22.3 Å². The smallest absolute Gasteiger partial charge is 0.294 e. The number of rotatable bonds is 12. The number of nitrogens with two attached hydrogens (primary N) is 1. The minimum atomic E-state index is -4.02. The van der Waals surface area contributed by atoms with Crippen molar-refractivity contribution in [3.63, 3.8) is 0 Å². The molecule has 0 aromatic heterocycles. The maximum Gasteiger partial charge on any atom is 0.294 e. The van der Waals surface area contributed by atoms with Crippen LogP contribution in [-0.2, 0) is 53.6 Å². The Kier molecular flexibility index (Phi) is 13.2. The average Bonchev–Trinajstić information content (AvgIpc) is 3.05. The molecule has 0 spiro atoms. The SMILES string of the molecule is COC1OC(COCc2ccccc2)C(N)C(OCc2ccccc2)C1OCc1ccccc1.Cc1ccc(S(=O)(=O)O)cc1. The molecule has 0 radical (unpaired) electrons. The maximum atomic E-state index is 10.5. The van der Waals surface area contributed by atoms with Crippen molar-refractivity contribution in [2.24, 2.45) is 5.73 Å². The lowest BCUT2D eigenvalue weighted by Gasteiger charge is -2.44. The second-order valence-electron chi connectivity index (χ2n) is 10.7. The van der Waals surface area contributed by atoms with Crippen LogP contribution in [0.3, 0.4) is 0 Å². The lowest BCUT2D eigenvalue weighted by molar-refractivity contribution is -0.291. The first-order valence-electron chi connectivity index (χ1n) is 14.7. The molecule has 1 saturated heterocycles. The Morgan fingerprint density at radius 3 is 1.64 bits per heavy atom. The molecule has 4 aromatic rings. The summed E-state index contributed by atoms with van der Waals surface area (Å²) < 4.78 is 60.0. The largest absolute Gasteiger partial charge is 0.374 e. The molecule has 9 nitrogen and oxygen atoms in total. The summed E-state index contributed by atoms with van der Waals surface area (Å²) in [6.45, 7) is 3.47. The molecule has 5 unspecified atom stereocenters. The predicted molar refractivity (Wildman–Crippen MR) is 171 cm³/mol. The summed E-state index contributed by atoms with van der Waals surface area (Å²) in [7, 11) is -2.41. The molecule has 0 amide bonds.